The van der Waals surface area contributed by atoms with Crippen LogP contribution in [0.1, 0.15) is 21.8 Å². The number of benzene rings is 1. The third kappa shape index (κ3) is 5.17. The average Bonchev–Trinajstić information content (AvgIpc) is 3.35. The number of amides is 2. The molecule has 8 nitrogen and oxygen atoms in total. The zero-order valence-electron chi connectivity index (χ0n) is 15.5. The number of hydrogen-bond acceptors (Lipinski definition) is 7. The summed E-state index contributed by atoms with van der Waals surface area (Å²) >= 11 is 1.45. The Kier molecular flexibility index (Phi) is 6.38. The average molecular weight is 400 g/mol. The van der Waals surface area contributed by atoms with Gasteiger partial charge in [-0.05, 0) is 36.9 Å². The van der Waals surface area contributed by atoms with Gasteiger partial charge in [-0.15, -0.1) is 11.3 Å². The standard InChI is InChI=1S/C19H20N4O4S/c1-12-5-6-14(13(2)10-12)26-11-16(24)20-7-8-21-18(25)19-22-17(23-27-19)15-4-3-9-28-15/h3-6,9-10H,7-8,11H2,1-2H3,(H,20,24)(H,21,25). The third-order valence-electron chi connectivity index (χ3n) is 3.78. The monoisotopic (exact) mass is 400 g/mol. The van der Waals surface area contributed by atoms with Crippen LogP contribution < -0.4 is 15.4 Å². The van der Waals surface area contributed by atoms with Crippen molar-refractivity contribution in [3.05, 3.63) is 52.7 Å². The van der Waals surface area contributed by atoms with E-state index >= 15 is 0 Å². The van der Waals surface area contributed by atoms with Crippen LogP contribution in [0.2, 0.25) is 0 Å². The maximum absolute atomic E-state index is 12.0. The molecule has 2 heterocycles. The third-order valence-corrected chi connectivity index (χ3v) is 4.65. The van der Waals surface area contributed by atoms with E-state index in [2.05, 4.69) is 20.8 Å². The number of aromatic nitrogens is 2. The van der Waals surface area contributed by atoms with Crippen molar-refractivity contribution >= 4 is 23.2 Å². The number of nitrogens with one attached hydrogen (secondary N) is 2. The second-order valence-electron chi connectivity index (χ2n) is 6.06. The van der Waals surface area contributed by atoms with Crippen LogP contribution in [-0.2, 0) is 4.79 Å². The van der Waals surface area contributed by atoms with Crippen molar-refractivity contribution in [2.75, 3.05) is 19.7 Å². The van der Waals surface area contributed by atoms with Gasteiger partial charge >= 0.3 is 11.8 Å². The fraction of sp³-hybridized carbons (Fsp3) is 0.263. The molecule has 0 atom stereocenters. The van der Waals surface area contributed by atoms with Gasteiger partial charge < -0.3 is 19.9 Å². The molecular formula is C19H20N4O4S. The highest BCUT2D eigenvalue weighted by atomic mass is 32.1. The zero-order valence-corrected chi connectivity index (χ0v) is 16.3. The van der Waals surface area contributed by atoms with Gasteiger partial charge in [0.2, 0.25) is 5.82 Å². The van der Waals surface area contributed by atoms with Crippen LogP contribution in [0, 0.1) is 13.8 Å². The predicted molar refractivity (Wildman–Crippen MR) is 104 cm³/mol. The van der Waals surface area contributed by atoms with E-state index in [1.54, 1.807) is 0 Å². The quantitative estimate of drug-likeness (QED) is 0.562. The molecule has 0 aliphatic rings. The Morgan fingerprint density at radius 1 is 1.18 bits per heavy atom. The smallest absolute Gasteiger partial charge is 0.316 e. The van der Waals surface area contributed by atoms with Gasteiger partial charge in [-0.2, -0.15) is 4.98 Å². The topological polar surface area (TPSA) is 106 Å². The number of ether oxygens (including phenoxy) is 1. The molecule has 0 fully saturated rings. The molecule has 0 unspecified atom stereocenters. The maximum atomic E-state index is 12.0. The molecule has 3 rings (SSSR count). The number of thiophene rings is 1. The van der Waals surface area contributed by atoms with Gasteiger partial charge in [0.25, 0.3) is 5.91 Å². The Morgan fingerprint density at radius 2 is 2.00 bits per heavy atom. The molecule has 2 aromatic heterocycles. The van der Waals surface area contributed by atoms with Crippen LogP contribution in [0.5, 0.6) is 5.75 Å². The van der Waals surface area contributed by atoms with Crippen molar-refractivity contribution in [3.63, 3.8) is 0 Å². The van der Waals surface area contributed by atoms with Crippen LogP contribution >= 0.6 is 11.3 Å². The van der Waals surface area contributed by atoms with Crippen molar-refractivity contribution in [1.29, 1.82) is 0 Å². The van der Waals surface area contributed by atoms with Gasteiger partial charge in [0.15, 0.2) is 6.61 Å². The minimum absolute atomic E-state index is 0.0916. The van der Waals surface area contributed by atoms with E-state index in [1.807, 2.05) is 49.6 Å². The van der Waals surface area contributed by atoms with Crippen molar-refractivity contribution < 1.29 is 18.8 Å². The zero-order chi connectivity index (χ0) is 19.9. The minimum Gasteiger partial charge on any atom is -0.484 e. The van der Waals surface area contributed by atoms with E-state index in [-0.39, 0.29) is 31.5 Å². The lowest BCUT2D eigenvalue weighted by molar-refractivity contribution is -0.123. The lowest BCUT2D eigenvalue weighted by atomic mass is 10.1. The van der Waals surface area contributed by atoms with Crippen LogP contribution in [-0.4, -0.2) is 41.7 Å². The Labute approximate surface area is 165 Å². The highest BCUT2D eigenvalue weighted by Gasteiger charge is 2.16. The van der Waals surface area contributed by atoms with Crippen LogP contribution in [0.25, 0.3) is 10.7 Å². The molecule has 0 aliphatic heterocycles. The molecular weight excluding hydrogens is 380 g/mol. The second-order valence-corrected chi connectivity index (χ2v) is 7.01. The minimum atomic E-state index is -0.490. The summed E-state index contributed by atoms with van der Waals surface area (Å²) in [6, 6.07) is 9.46. The summed E-state index contributed by atoms with van der Waals surface area (Å²) in [5.41, 5.74) is 2.11. The van der Waals surface area contributed by atoms with Crippen molar-refractivity contribution in [1.82, 2.24) is 20.8 Å². The largest absolute Gasteiger partial charge is 0.484 e. The van der Waals surface area contributed by atoms with E-state index in [4.69, 9.17) is 9.26 Å². The Bertz CT molecular complexity index is 953. The van der Waals surface area contributed by atoms with Crippen molar-refractivity contribution in [2.24, 2.45) is 0 Å². The number of hydrogen-bond donors (Lipinski definition) is 2. The lowest BCUT2D eigenvalue weighted by Crippen LogP contribution is -2.36. The SMILES string of the molecule is Cc1ccc(OCC(=O)NCCNC(=O)c2nc(-c3cccs3)no2)c(C)c1. The van der Waals surface area contributed by atoms with E-state index in [9.17, 15) is 9.59 Å². The summed E-state index contributed by atoms with van der Waals surface area (Å²) in [7, 11) is 0. The first-order chi connectivity index (χ1) is 13.5. The lowest BCUT2D eigenvalue weighted by Gasteiger charge is -2.10. The Morgan fingerprint density at radius 3 is 2.75 bits per heavy atom. The number of rotatable bonds is 8. The summed E-state index contributed by atoms with van der Waals surface area (Å²) in [5.74, 6) is 0.167. The van der Waals surface area contributed by atoms with Gasteiger partial charge in [-0.25, -0.2) is 0 Å². The van der Waals surface area contributed by atoms with Gasteiger partial charge in [-0.3, -0.25) is 9.59 Å². The van der Waals surface area contributed by atoms with Crippen molar-refractivity contribution in [2.45, 2.75) is 13.8 Å². The summed E-state index contributed by atoms with van der Waals surface area (Å²) < 4.78 is 10.5. The Balaban J connectivity index is 1.37. The van der Waals surface area contributed by atoms with E-state index in [0.717, 1.165) is 16.0 Å². The molecule has 0 aliphatic carbocycles. The van der Waals surface area contributed by atoms with Crippen molar-refractivity contribution in [3.8, 4) is 16.5 Å². The normalized spacial score (nSPS) is 10.5. The van der Waals surface area contributed by atoms with Gasteiger partial charge in [0.1, 0.15) is 5.75 Å². The molecule has 0 radical (unpaired) electrons. The molecule has 0 saturated heterocycles. The summed E-state index contributed by atoms with van der Waals surface area (Å²) in [6.45, 7) is 4.31. The Hall–Kier alpha value is -3.20. The summed E-state index contributed by atoms with van der Waals surface area (Å²) in [4.78, 5) is 28.7. The first-order valence-corrected chi connectivity index (χ1v) is 9.53. The fourth-order valence-corrected chi connectivity index (χ4v) is 3.08. The van der Waals surface area contributed by atoms with Crippen LogP contribution in [0.3, 0.4) is 0 Å². The molecule has 2 amide bonds. The van der Waals surface area contributed by atoms with Gasteiger partial charge in [0.05, 0.1) is 4.88 Å². The molecule has 1 aromatic carbocycles. The highest BCUT2D eigenvalue weighted by Crippen LogP contribution is 2.21. The first-order valence-electron chi connectivity index (χ1n) is 8.65. The number of carbonyl (C=O) groups excluding carboxylic acids is 2. The van der Waals surface area contributed by atoms with Crippen LogP contribution in [0.15, 0.2) is 40.2 Å². The summed E-state index contributed by atoms with van der Waals surface area (Å²) in [6.07, 6.45) is 0. The molecule has 3 aromatic rings. The number of carbonyl (C=O) groups is 2. The first kappa shape index (κ1) is 19.6. The molecule has 0 spiro atoms. The van der Waals surface area contributed by atoms with Gasteiger partial charge in [0, 0.05) is 13.1 Å². The molecule has 0 bridgehead atoms. The van der Waals surface area contributed by atoms with Gasteiger partial charge in [-0.1, -0.05) is 28.9 Å². The molecule has 2 N–H and O–H groups in total. The maximum Gasteiger partial charge on any atom is 0.316 e. The summed E-state index contributed by atoms with van der Waals surface area (Å²) in [5, 5.41) is 11.0. The number of nitrogens with zero attached hydrogens (tertiary/aromatic N) is 2. The highest BCUT2D eigenvalue weighted by molar-refractivity contribution is 7.13. The molecule has 146 valence electrons. The molecule has 28 heavy (non-hydrogen) atoms. The number of aryl methyl sites for hydroxylation is 2. The van der Waals surface area contributed by atoms with E-state index in [1.165, 1.54) is 11.3 Å². The van der Waals surface area contributed by atoms with E-state index in [0.29, 0.717) is 11.6 Å². The van der Waals surface area contributed by atoms with Crippen LogP contribution in [0.4, 0.5) is 0 Å². The molecule has 0 saturated carbocycles. The second kappa shape index (κ2) is 9.14. The fourth-order valence-electron chi connectivity index (χ4n) is 2.43. The molecule has 9 heteroatoms. The predicted octanol–water partition coefficient (Wildman–Crippen LogP) is 2.34. The van der Waals surface area contributed by atoms with E-state index < -0.39 is 5.91 Å².